The van der Waals surface area contributed by atoms with E-state index in [1.165, 1.54) is 91.5 Å². The van der Waals surface area contributed by atoms with Crippen molar-refractivity contribution in [3.63, 3.8) is 0 Å². The molecule has 0 spiro atoms. The highest BCUT2D eigenvalue weighted by atomic mass is 16.5. The SMILES string of the molecule is Cc1c2c(c(CC(C)(C)C)c3ccc(CC(C)(C)C)cc13)Oc1c3ccc(C4CCCC4)cc3cc3cc[n+](C)c-2c13. The van der Waals surface area contributed by atoms with Gasteiger partial charge in [-0.2, -0.15) is 0 Å². The minimum absolute atomic E-state index is 0.118. The van der Waals surface area contributed by atoms with Gasteiger partial charge in [0.15, 0.2) is 6.20 Å². The van der Waals surface area contributed by atoms with Crippen molar-refractivity contribution < 1.29 is 9.30 Å². The van der Waals surface area contributed by atoms with Crippen molar-refractivity contribution in [1.29, 1.82) is 0 Å². The molecule has 0 saturated heterocycles. The molecular formula is C40H46NO+. The molecule has 2 heteroatoms. The summed E-state index contributed by atoms with van der Waals surface area (Å²) in [6.07, 6.45) is 9.60. The molecule has 5 aromatic rings. The second kappa shape index (κ2) is 9.56. The topological polar surface area (TPSA) is 13.1 Å². The molecule has 4 aromatic carbocycles. The van der Waals surface area contributed by atoms with E-state index in [9.17, 15) is 0 Å². The Bertz CT molecular complexity index is 1890. The Morgan fingerprint density at radius 1 is 0.762 bits per heavy atom. The highest BCUT2D eigenvalue weighted by molar-refractivity contribution is 6.13. The van der Waals surface area contributed by atoms with Crippen molar-refractivity contribution in [2.24, 2.45) is 17.9 Å². The monoisotopic (exact) mass is 556 g/mol. The minimum atomic E-state index is 0.118. The van der Waals surface area contributed by atoms with Crippen molar-refractivity contribution >= 4 is 32.3 Å². The van der Waals surface area contributed by atoms with Crippen LogP contribution in [0.15, 0.2) is 54.7 Å². The van der Waals surface area contributed by atoms with Crippen LogP contribution in [0.4, 0.5) is 0 Å². The van der Waals surface area contributed by atoms with Gasteiger partial charge in [-0.15, -0.1) is 0 Å². The van der Waals surface area contributed by atoms with E-state index in [1.54, 1.807) is 0 Å². The van der Waals surface area contributed by atoms with Gasteiger partial charge >= 0.3 is 0 Å². The summed E-state index contributed by atoms with van der Waals surface area (Å²) in [7, 11) is 2.20. The van der Waals surface area contributed by atoms with Crippen LogP contribution in [0.3, 0.4) is 0 Å². The molecule has 0 bridgehead atoms. The van der Waals surface area contributed by atoms with Gasteiger partial charge in [0.05, 0.1) is 10.9 Å². The van der Waals surface area contributed by atoms with E-state index in [2.05, 4.69) is 115 Å². The van der Waals surface area contributed by atoms with Crippen LogP contribution >= 0.6 is 0 Å². The van der Waals surface area contributed by atoms with E-state index in [0.29, 0.717) is 5.92 Å². The first kappa shape index (κ1) is 27.4. The molecule has 42 heavy (non-hydrogen) atoms. The van der Waals surface area contributed by atoms with Gasteiger partial charge in [-0.1, -0.05) is 90.8 Å². The molecule has 216 valence electrons. The van der Waals surface area contributed by atoms with Crippen LogP contribution in [-0.2, 0) is 19.9 Å². The zero-order valence-electron chi connectivity index (χ0n) is 26.9. The molecule has 2 aliphatic rings. The maximum Gasteiger partial charge on any atom is 0.228 e. The van der Waals surface area contributed by atoms with Crippen molar-refractivity contribution in [1.82, 2.24) is 0 Å². The third-order valence-corrected chi connectivity index (χ3v) is 9.61. The number of hydrogen-bond donors (Lipinski definition) is 0. The van der Waals surface area contributed by atoms with Crippen molar-refractivity contribution in [3.8, 4) is 22.8 Å². The number of fused-ring (bicyclic) bond motifs is 5. The van der Waals surface area contributed by atoms with Gasteiger partial charge in [0.25, 0.3) is 0 Å². The summed E-state index contributed by atoms with van der Waals surface area (Å²) in [5.41, 5.74) is 8.45. The Morgan fingerprint density at radius 3 is 2.19 bits per heavy atom. The summed E-state index contributed by atoms with van der Waals surface area (Å²) >= 11 is 0. The first-order chi connectivity index (χ1) is 19.9. The van der Waals surface area contributed by atoms with Crippen molar-refractivity contribution in [2.45, 2.75) is 92.9 Å². The van der Waals surface area contributed by atoms with Crippen LogP contribution in [0.25, 0.3) is 43.6 Å². The second-order valence-corrected chi connectivity index (χ2v) is 15.7. The number of rotatable bonds is 3. The standard InChI is InChI=1S/C40H46NO/c1-24-32-19-25(22-39(2,3)4)13-15-31(32)33(23-40(5,6)7)38-34(24)36-35-28(17-18-41(36)8)21-29-20-27(26-11-9-10-12-26)14-16-30(29)37(35)42-38/h13-21,26H,9-12,22-23H2,1-8H3/q+1. The second-order valence-electron chi connectivity index (χ2n) is 15.7. The van der Waals surface area contributed by atoms with Gasteiger partial charge in [0, 0.05) is 17.0 Å². The Labute approximate surface area is 251 Å². The minimum Gasteiger partial charge on any atom is -0.455 e. The average molecular weight is 557 g/mol. The van der Waals surface area contributed by atoms with Gasteiger partial charge in [-0.05, 0) is 93.7 Å². The Morgan fingerprint density at radius 2 is 1.48 bits per heavy atom. The lowest BCUT2D eigenvalue weighted by Crippen LogP contribution is -2.32. The molecule has 1 aromatic heterocycles. The van der Waals surface area contributed by atoms with Gasteiger partial charge < -0.3 is 4.74 Å². The van der Waals surface area contributed by atoms with E-state index >= 15 is 0 Å². The molecule has 0 amide bonds. The predicted octanol–water partition coefficient (Wildman–Crippen LogP) is 10.9. The van der Waals surface area contributed by atoms with E-state index in [1.807, 2.05) is 0 Å². The summed E-state index contributed by atoms with van der Waals surface area (Å²) in [6.45, 7) is 16.3. The molecule has 1 saturated carbocycles. The number of aromatic nitrogens is 1. The highest BCUT2D eigenvalue weighted by Crippen LogP contribution is 2.54. The Hall–Kier alpha value is -3.39. The van der Waals surface area contributed by atoms with Gasteiger partial charge in [0.1, 0.15) is 18.5 Å². The van der Waals surface area contributed by atoms with E-state index in [4.69, 9.17) is 4.74 Å². The lowest BCUT2D eigenvalue weighted by molar-refractivity contribution is -0.659. The molecule has 1 aliphatic heterocycles. The fourth-order valence-electron chi connectivity index (χ4n) is 7.82. The van der Waals surface area contributed by atoms with Crippen LogP contribution in [0, 0.1) is 17.8 Å². The fraction of sp³-hybridized carbons (Fsp3) is 0.425. The number of ether oxygens (including phenoxy) is 1. The lowest BCUT2D eigenvalue weighted by Gasteiger charge is -2.29. The van der Waals surface area contributed by atoms with Crippen LogP contribution in [0.2, 0.25) is 0 Å². The molecule has 0 N–H and O–H groups in total. The van der Waals surface area contributed by atoms with Gasteiger partial charge in [-0.3, -0.25) is 0 Å². The van der Waals surface area contributed by atoms with Crippen LogP contribution in [-0.4, -0.2) is 0 Å². The molecule has 1 aliphatic carbocycles. The summed E-state index contributed by atoms with van der Waals surface area (Å²) in [6, 6.07) is 19.0. The molecule has 1 fully saturated rings. The van der Waals surface area contributed by atoms with Crippen molar-refractivity contribution in [2.75, 3.05) is 0 Å². The number of pyridine rings is 1. The first-order valence-electron chi connectivity index (χ1n) is 16.0. The molecule has 0 unspecified atom stereocenters. The third kappa shape index (κ3) is 4.59. The third-order valence-electron chi connectivity index (χ3n) is 9.61. The molecule has 7 rings (SSSR count). The van der Waals surface area contributed by atoms with Crippen LogP contribution < -0.4 is 9.30 Å². The summed E-state index contributed by atoms with van der Waals surface area (Å²) in [4.78, 5) is 0. The van der Waals surface area contributed by atoms with E-state index < -0.39 is 0 Å². The summed E-state index contributed by atoms with van der Waals surface area (Å²) in [5.74, 6) is 2.78. The maximum atomic E-state index is 7.25. The first-order valence-corrected chi connectivity index (χ1v) is 16.0. The smallest absolute Gasteiger partial charge is 0.228 e. The maximum absolute atomic E-state index is 7.25. The number of aryl methyl sites for hydroxylation is 2. The zero-order valence-corrected chi connectivity index (χ0v) is 26.9. The normalized spacial score (nSPS) is 15.5. The fourth-order valence-corrected chi connectivity index (χ4v) is 7.82. The molecule has 2 nitrogen and oxygen atoms in total. The quantitative estimate of drug-likeness (QED) is 0.156. The van der Waals surface area contributed by atoms with Crippen LogP contribution in [0.5, 0.6) is 11.5 Å². The van der Waals surface area contributed by atoms with E-state index in [0.717, 1.165) is 24.3 Å². The largest absolute Gasteiger partial charge is 0.455 e. The predicted molar refractivity (Wildman–Crippen MR) is 178 cm³/mol. The Kier molecular flexibility index (Phi) is 6.25. The van der Waals surface area contributed by atoms with Crippen LogP contribution in [0.1, 0.15) is 95.4 Å². The molecular weight excluding hydrogens is 510 g/mol. The van der Waals surface area contributed by atoms with Gasteiger partial charge in [-0.25, -0.2) is 4.57 Å². The summed E-state index contributed by atoms with van der Waals surface area (Å²) in [5, 5.41) is 7.72. The molecule has 0 radical (unpaired) electrons. The number of nitrogens with zero attached hydrogens (tertiary/aromatic N) is 1. The molecule has 0 atom stereocenters. The average Bonchev–Trinajstić information content (AvgIpc) is 3.46. The number of benzene rings is 4. The zero-order chi connectivity index (χ0) is 29.6. The summed E-state index contributed by atoms with van der Waals surface area (Å²) < 4.78 is 9.57. The molecule has 2 heterocycles. The Balaban J connectivity index is 1.54. The van der Waals surface area contributed by atoms with E-state index in [-0.39, 0.29) is 10.8 Å². The number of hydrogen-bond acceptors (Lipinski definition) is 1. The lowest BCUT2D eigenvalue weighted by atomic mass is 9.80. The highest BCUT2D eigenvalue weighted by Gasteiger charge is 2.35. The van der Waals surface area contributed by atoms with Gasteiger partial charge in [0.2, 0.25) is 5.69 Å². The van der Waals surface area contributed by atoms with Crippen molar-refractivity contribution in [3.05, 3.63) is 77.0 Å².